The Morgan fingerprint density at radius 1 is 1.33 bits per heavy atom. The van der Waals surface area contributed by atoms with Crippen LogP contribution in [0.15, 0.2) is 18.2 Å². The molecule has 2 aromatic rings. The number of aryl methyl sites for hydroxylation is 1. The molecule has 0 amide bonds. The number of rotatable bonds is 5. The summed E-state index contributed by atoms with van der Waals surface area (Å²) < 4.78 is 5.32. The van der Waals surface area contributed by atoms with Gasteiger partial charge in [0, 0.05) is 24.3 Å². The van der Waals surface area contributed by atoms with Gasteiger partial charge in [-0.1, -0.05) is 6.07 Å². The summed E-state index contributed by atoms with van der Waals surface area (Å²) in [6.07, 6.45) is 1.68. The van der Waals surface area contributed by atoms with E-state index in [-0.39, 0.29) is 5.28 Å². The number of hydrogen-bond donors (Lipinski definition) is 1. The zero-order valence-corrected chi connectivity index (χ0v) is 11.1. The Hall–Kier alpha value is -1.39. The Morgan fingerprint density at radius 3 is 2.94 bits per heavy atom. The molecule has 0 radical (unpaired) electrons. The van der Waals surface area contributed by atoms with Crippen LogP contribution in [0, 0.1) is 0 Å². The van der Waals surface area contributed by atoms with E-state index in [1.807, 2.05) is 25.1 Å². The van der Waals surface area contributed by atoms with Gasteiger partial charge in [0.25, 0.3) is 0 Å². The third-order valence-corrected chi connectivity index (χ3v) is 2.88. The summed E-state index contributed by atoms with van der Waals surface area (Å²) in [6.45, 7) is 3.43. The highest BCUT2D eigenvalue weighted by Crippen LogP contribution is 2.24. The average Bonchev–Trinajstić information content (AvgIpc) is 2.34. The molecule has 4 nitrogen and oxygen atoms in total. The minimum atomic E-state index is 0.263. The number of anilines is 1. The number of halogens is 1. The van der Waals surface area contributed by atoms with Crippen molar-refractivity contribution in [3.63, 3.8) is 0 Å². The first-order valence-corrected chi connectivity index (χ1v) is 6.38. The van der Waals surface area contributed by atoms with Crippen LogP contribution in [0.25, 0.3) is 10.9 Å². The second kappa shape index (κ2) is 5.98. The lowest BCUT2D eigenvalue weighted by Gasteiger charge is -2.08. The van der Waals surface area contributed by atoms with Gasteiger partial charge in [-0.25, -0.2) is 9.97 Å². The molecule has 2 N–H and O–H groups in total. The van der Waals surface area contributed by atoms with Gasteiger partial charge in [-0.2, -0.15) is 0 Å². The molecule has 0 aliphatic heterocycles. The molecule has 18 heavy (non-hydrogen) atoms. The van der Waals surface area contributed by atoms with E-state index in [4.69, 9.17) is 22.1 Å². The quantitative estimate of drug-likeness (QED) is 0.513. The van der Waals surface area contributed by atoms with E-state index in [9.17, 15) is 0 Å². The van der Waals surface area contributed by atoms with Gasteiger partial charge >= 0.3 is 0 Å². The number of nitrogens with two attached hydrogens (primary N) is 1. The van der Waals surface area contributed by atoms with E-state index >= 15 is 0 Å². The highest BCUT2D eigenvalue weighted by atomic mass is 35.5. The first-order chi connectivity index (χ1) is 8.72. The Kier molecular flexibility index (Phi) is 4.33. The molecular formula is C13H16ClN3O. The first kappa shape index (κ1) is 13.1. The van der Waals surface area contributed by atoms with Gasteiger partial charge in [-0.3, -0.25) is 0 Å². The monoisotopic (exact) mass is 265 g/mol. The second-order valence-electron chi connectivity index (χ2n) is 3.98. The number of ether oxygens (including phenoxy) is 1. The maximum atomic E-state index is 5.98. The third-order valence-electron chi connectivity index (χ3n) is 2.71. The van der Waals surface area contributed by atoms with Crippen molar-refractivity contribution < 1.29 is 4.74 Å². The fourth-order valence-electron chi connectivity index (χ4n) is 1.92. The number of nitrogen functional groups attached to an aromatic ring is 1. The summed E-state index contributed by atoms with van der Waals surface area (Å²) in [5.74, 6) is 0. The Labute approximate surface area is 111 Å². The SMILES string of the molecule is CCOCCCc1nc(Cl)nc2cccc(N)c12. The number of fused-ring (bicyclic) bond motifs is 1. The van der Waals surface area contributed by atoms with Gasteiger partial charge in [-0.15, -0.1) is 0 Å². The molecule has 0 bridgehead atoms. The Balaban J connectivity index is 2.30. The van der Waals surface area contributed by atoms with Crippen molar-refractivity contribution in [2.75, 3.05) is 18.9 Å². The Morgan fingerprint density at radius 2 is 2.17 bits per heavy atom. The summed E-state index contributed by atoms with van der Waals surface area (Å²) in [5.41, 5.74) is 8.36. The fraction of sp³-hybridized carbons (Fsp3) is 0.385. The van der Waals surface area contributed by atoms with Crippen LogP contribution in [0.3, 0.4) is 0 Å². The molecule has 1 aromatic heterocycles. The van der Waals surface area contributed by atoms with Crippen molar-refractivity contribution in [2.45, 2.75) is 19.8 Å². The normalized spacial score (nSPS) is 11.0. The summed E-state index contributed by atoms with van der Waals surface area (Å²) in [7, 11) is 0. The summed E-state index contributed by atoms with van der Waals surface area (Å²) >= 11 is 5.92. The average molecular weight is 266 g/mol. The number of nitrogens with zero attached hydrogens (tertiary/aromatic N) is 2. The molecular weight excluding hydrogens is 250 g/mol. The molecule has 5 heteroatoms. The van der Waals surface area contributed by atoms with E-state index in [0.29, 0.717) is 12.3 Å². The molecule has 0 saturated carbocycles. The van der Waals surface area contributed by atoms with Crippen LogP contribution in [0.1, 0.15) is 19.0 Å². The van der Waals surface area contributed by atoms with E-state index < -0.39 is 0 Å². The van der Waals surface area contributed by atoms with Crippen molar-refractivity contribution in [1.82, 2.24) is 9.97 Å². The summed E-state index contributed by atoms with van der Waals surface area (Å²) in [5, 5.41) is 1.16. The lowest BCUT2D eigenvalue weighted by molar-refractivity contribution is 0.145. The highest BCUT2D eigenvalue weighted by molar-refractivity contribution is 6.28. The predicted octanol–water partition coefficient (Wildman–Crippen LogP) is 2.83. The Bertz CT molecular complexity index is 545. The van der Waals surface area contributed by atoms with Crippen molar-refractivity contribution in [1.29, 1.82) is 0 Å². The minimum Gasteiger partial charge on any atom is -0.398 e. The van der Waals surface area contributed by atoms with Crippen molar-refractivity contribution in [2.24, 2.45) is 0 Å². The van der Waals surface area contributed by atoms with Crippen LogP contribution in [-0.4, -0.2) is 23.2 Å². The number of hydrogen-bond acceptors (Lipinski definition) is 4. The van der Waals surface area contributed by atoms with E-state index in [1.165, 1.54) is 0 Å². The molecule has 0 spiro atoms. The highest BCUT2D eigenvalue weighted by Gasteiger charge is 2.09. The zero-order valence-electron chi connectivity index (χ0n) is 10.3. The molecule has 0 unspecified atom stereocenters. The lowest BCUT2D eigenvalue weighted by atomic mass is 10.1. The van der Waals surface area contributed by atoms with Gasteiger partial charge in [0.15, 0.2) is 0 Å². The predicted molar refractivity (Wildman–Crippen MR) is 73.8 cm³/mol. The largest absolute Gasteiger partial charge is 0.398 e. The topological polar surface area (TPSA) is 61.0 Å². The lowest BCUT2D eigenvalue weighted by Crippen LogP contribution is -2.02. The molecule has 0 saturated heterocycles. The maximum absolute atomic E-state index is 5.98. The second-order valence-corrected chi connectivity index (χ2v) is 4.32. The molecule has 0 atom stereocenters. The molecule has 0 fully saturated rings. The van der Waals surface area contributed by atoms with Crippen molar-refractivity contribution in [3.8, 4) is 0 Å². The van der Waals surface area contributed by atoms with Crippen molar-refractivity contribution >= 4 is 28.2 Å². The first-order valence-electron chi connectivity index (χ1n) is 6.00. The summed E-state index contributed by atoms with van der Waals surface area (Å²) in [6, 6.07) is 5.61. The van der Waals surface area contributed by atoms with Crippen LogP contribution in [0.2, 0.25) is 5.28 Å². The van der Waals surface area contributed by atoms with E-state index in [2.05, 4.69) is 9.97 Å². The van der Waals surface area contributed by atoms with Gasteiger partial charge in [0.2, 0.25) is 5.28 Å². The van der Waals surface area contributed by atoms with Crippen molar-refractivity contribution in [3.05, 3.63) is 29.2 Å². The van der Waals surface area contributed by atoms with Crippen LogP contribution >= 0.6 is 11.6 Å². The van der Waals surface area contributed by atoms with Crippen LogP contribution in [0.5, 0.6) is 0 Å². The standard InChI is InChI=1S/C13H16ClN3O/c1-2-18-8-4-7-11-12-9(15)5-3-6-10(12)16-13(14)17-11/h3,5-6H,2,4,7-8,15H2,1H3. The molecule has 2 rings (SSSR count). The van der Waals surface area contributed by atoms with Crippen LogP contribution < -0.4 is 5.73 Å². The van der Waals surface area contributed by atoms with E-state index in [0.717, 1.165) is 36.0 Å². The van der Waals surface area contributed by atoms with Crippen LogP contribution in [0.4, 0.5) is 5.69 Å². The number of benzene rings is 1. The maximum Gasteiger partial charge on any atom is 0.223 e. The molecule has 96 valence electrons. The molecule has 1 heterocycles. The number of aromatic nitrogens is 2. The third kappa shape index (κ3) is 2.89. The van der Waals surface area contributed by atoms with Gasteiger partial charge < -0.3 is 10.5 Å². The molecule has 0 aliphatic carbocycles. The minimum absolute atomic E-state index is 0.263. The summed E-state index contributed by atoms with van der Waals surface area (Å²) in [4.78, 5) is 8.46. The molecule has 0 aliphatic rings. The van der Waals surface area contributed by atoms with Gasteiger partial charge in [0.1, 0.15) is 0 Å². The zero-order chi connectivity index (χ0) is 13.0. The van der Waals surface area contributed by atoms with Gasteiger partial charge in [0.05, 0.1) is 11.2 Å². The smallest absolute Gasteiger partial charge is 0.223 e. The fourth-order valence-corrected chi connectivity index (χ4v) is 2.12. The van der Waals surface area contributed by atoms with E-state index in [1.54, 1.807) is 0 Å². The molecule has 1 aromatic carbocycles. The van der Waals surface area contributed by atoms with Gasteiger partial charge in [-0.05, 0) is 43.5 Å². The van der Waals surface area contributed by atoms with Crippen LogP contribution in [-0.2, 0) is 11.2 Å².